The highest BCUT2D eigenvalue weighted by Crippen LogP contribution is 2.53. The summed E-state index contributed by atoms with van der Waals surface area (Å²) in [6.07, 6.45) is 6.68. The molecule has 0 aromatic carbocycles. The van der Waals surface area contributed by atoms with Crippen LogP contribution in [0.4, 0.5) is 0 Å². The number of pyridine rings is 1. The highest BCUT2D eigenvalue weighted by molar-refractivity contribution is 6.83. The van der Waals surface area contributed by atoms with E-state index in [1.165, 1.54) is 6.42 Å². The quantitative estimate of drug-likeness (QED) is 0.307. The number of ether oxygens (including phenoxy) is 1. The number of rotatable bonds is 6. The molecule has 0 bridgehead atoms. The van der Waals surface area contributed by atoms with Gasteiger partial charge >= 0.3 is 0 Å². The fourth-order valence-electron chi connectivity index (χ4n) is 4.72. The van der Waals surface area contributed by atoms with Crippen LogP contribution in [0.5, 0.6) is 5.75 Å². The maximum Gasteiger partial charge on any atom is 0.171 e. The SMILES string of the molecule is CC(C)(C)Cc1cc2c(c(Cl)n1)OC1(CCC1)C[C@@H]2CC[C@@H](O)[C@@H](N)CC#C[Si](C)(C)C. The normalized spacial score (nSPS) is 21.6. The van der Waals surface area contributed by atoms with Crippen molar-refractivity contribution < 1.29 is 9.84 Å². The first-order valence-corrected chi connectivity index (χ1v) is 16.0. The molecular weight excluding hydrogens is 436 g/mol. The van der Waals surface area contributed by atoms with Gasteiger partial charge in [0.15, 0.2) is 10.9 Å². The molecule has 1 aromatic rings. The van der Waals surface area contributed by atoms with Gasteiger partial charge in [-0.1, -0.05) is 52.0 Å². The third-order valence-corrected chi connectivity index (χ3v) is 7.66. The Kier molecular flexibility index (Phi) is 7.72. The van der Waals surface area contributed by atoms with Crippen LogP contribution < -0.4 is 10.5 Å². The van der Waals surface area contributed by atoms with Crippen molar-refractivity contribution in [2.75, 3.05) is 0 Å². The molecular formula is C26H41ClN2O2Si. The summed E-state index contributed by atoms with van der Waals surface area (Å²) in [7, 11) is -1.42. The molecule has 0 amide bonds. The van der Waals surface area contributed by atoms with Gasteiger partial charge in [-0.3, -0.25) is 0 Å². The lowest BCUT2D eigenvalue weighted by atomic mass is 9.69. The van der Waals surface area contributed by atoms with Crippen LogP contribution in [0.3, 0.4) is 0 Å². The summed E-state index contributed by atoms with van der Waals surface area (Å²) in [6, 6.07) is 1.88. The Bertz CT molecular complexity index is 875. The zero-order valence-electron chi connectivity index (χ0n) is 20.7. The van der Waals surface area contributed by atoms with Crippen molar-refractivity contribution in [1.82, 2.24) is 4.98 Å². The predicted octanol–water partition coefficient (Wildman–Crippen LogP) is 5.85. The molecule has 1 aromatic heterocycles. The predicted molar refractivity (Wildman–Crippen MR) is 136 cm³/mol. The molecule has 1 saturated carbocycles. The zero-order valence-corrected chi connectivity index (χ0v) is 22.5. The molecule has 0 unspecified atom stereocenters. The molecule has 1 fully saturated rings. The molecule has 3 rings (SSSR count). The maximum absolute atomic E-state index is 10.7. The second-order valence-corrected chi connectivity index (χ2v) is 17.3. The number of hydrogen-bond acceptors (Lipinski definition) is 4. The highest BCUT2D eigenvalue weighted by Gasteiger charge is 2.46. The van der Waals surface area contributed by atoms with Crippen LogP contribution in [-0.4, -0.2) is 35.9 Å². The average molecular weight is 477 g/mol. The van der Waals surface area contributed by atoms with Gasteiger partial charge in [-0.15, -0.1) is 11.5 Å². The van der Waals surface area contributed by atoms with Gasteiger partial charge in [-0.05, 0) is 62.3 Å². The fourth-order valence-corrected chi connectivity index (χ4v) is 5.61. The lowest BCUT2D eigenvalue weighted by Crippen LogP contribution is -2.47. The number of aliphatic hydroxyl groups is 1. The van der Waals surface area contributed by atoms with E-state index in [4.69, 9.17) is 22.1 Å². The monoisotopic (exact) mass is 476 g/mol. The minimum Gasteiger partial charge on any atom is -0.484 e. The molecule has 178 valence electrons. The Morgan fingerprint density at radius 1 is 1.34 bits per heavy atom. The summed E-state index contributed by atoms with van der Waals surface area (Å²) in [4.78, 5) is 4.67. The topological polar surface area (TPSA) is 68.4 Å². The van der Waals surface area contributed by atoms with Crippen LogP contribution in [0.1, 0.15) is 82.9 Å². The minimum atomic E-state index is -1.42. The lowest BCUT2D eigenvalue weighted by molar-refractivity contribution is -0.0358. The smallest absolute Gasteiger partial charge is 0.171 e. The van der Waals surface area contributed by atoms with E-state index in [-0.39, 0.29) is 17.1 Å². The summed E-state index contributed by atoms with van der Waals surface area (Å²) in [5, 5.41) is 11.2. The Morgan fingerprint density at radius 2 is 2.03 bits per heavy atom. The number of nitrogens with zero attached hydrogens (tertiary/aromatic N) is 1. The molecule has 1 spiro atoms. The van der Waals surface area contributed by atoms with E-state index >= 15 is 0 Å². The van der Waals surface area contributed by atoms with E-state index in [1.54, 1.807) is 0 Å². The molecule has 0 radical (unpaired) electrons. The summed E-state index contributed by atoms with van der Waals surface area (Å²) in [5.41, 5.74) is 11.8. The lowest BCUT2D eigenvalue weighted by Gasteiger charge is -2.48. The standard InChI is InChI=1S/C26H41ClN2O2Si/c1-25(2,3)17-19-15-20-18(10-11-22(30)21(28)9-7-14-32(4,5)6)16-26(12-8-13-26)31-23(20)24(27)29-19/h15,18,21-22,30H,8-13,16-17,28H2,1-6H3/t18-,21-,22+/m0/s1. The first-order valence-electron chi connectivity index (χ1n) is 12.1. The molecule has 4 nitrogen and oxygen atoms in total. The van der Waals surface area contributed by atoms with Gasteiger partial charge < -0.3 is 15.6 Å². The number of aliphatic hydroxyl groups excluding tert-OH is 1. The van der Waals surface area contributed by atoms with E-state index in [2.05, 4.69) is 62.9 Å². The van der Waals surface area contributed by atoms with Crippen LogP contribution in [0.2, 0.25) is 24.8 Å². The first kappa shape index (κ1) is 25.6. The zero-order chi connectivity index (χ0) is 23.7. The van der Waals surface area contributed by atoms with Crippen LogP contribution >= 0.6 is 11.6 Å². The summed E-state index contributed by atoms with van der Waals surface area (Å²) in [5.74, 6) is 4.27. The van der Waals surface area contributed by atoms with E-state index in [1.807, 2.05) is 0 Å². The maximum atomic E-state index is 10.7. The Hall–Kier alpha value is -1.06. The van der Waals surface area contributed by atoms with Crippen LogP contribution in [0.25, 0.3) is 0 Å². The Balaban J connectivity index is 1.75. The molecule has 2 heterocycles. The number of halogens is 1. The third kappa shape index (κ3) is 6.73. The van der Waals surface area contributed by atoms with Gasteiger partial charge in [0, 0.05) is 23.7 Å². The van der Waals surface area contributed by atoms with Crippen molar-refractivity contribution in [2.45, 2.75) is 115 Å². The number of aromatic nitrogens is 1. The van der Waals surface area contributed by atoms with Crippen molar-refractivity contribution in [1.29, 1.82) is 0 Å². The van der Waals surface area contributed by atoms with Crippen LogP contribution in [0.15, 0.2) is 6.07 Å². The van der Waals surface area contributed by atoms with Crippen molar-refractivity contribution in [3.8, 4) is 17.2 Å². The molecule has 0 saturated heterocycles. The Labute approximate surface area is 200 Å². The van der Waals surface area contributed by atoms with Crippen molar-refractivity contribution in [3.63, 3.8) is 0 Å². The fraction of sp³-hybridized carbons (Fsp3) is 0.731. The van der Waals surface area contributed by atoms with Crippen molar-refractivity contribution in [2.24, 2.45) is 11.1 Å². The second-order valence-electron chi connectivity index (χ2n) is 12.2. The third-order valence-electron chi connectivity index (χ3n) is 6.47. The van der Waals surface area contributed by atoms with Gasteiger partial charge in [0.05, 0.1) is 6.10 Å². The van der Waals surface area contributed by atoms with Crippen molar-refractivity contribution in [3.05, 3.63) is 22.5 Å². The second kappa shape index (κ2) is 9.66. The first-order chi connectivity index (χ1) is 14.8. The molecule has 3 N–H and O–H groups in total. The number of hydrogen-bond donors (Lipinski definition) is 2. The highest BCUT2D eigenvalue weighted by atomic mass is 35.5. The number of fused-ring (bicyclic) bond motifs is 1. The van der Waals surface area contributed by atoms with Gasteiger partial charge in [-0.25, -0.2) is 4.98 Å². The molecule has 2 aliphatic rings. The molecule has 6 heteroatoms. The van der Waals surface area contributed by atoms with E-state index < -0.39 is 14.2 Å². The largest absolute Gasteiger partial charge is 0.484 e. The van der Waals surface area contributed by atoms with E-state index in [0.29, 0.717) is 23.9 Å². The Morgan fingerprint density at radius 3 is 2.59 bits per heavy atom. The molecule has 32 heavy (non-hydrogen) atoms. The summed E-state index contributed by atoms with van der Waals surface area (Å²) >= 11 is 6.64. The van der Waals surface area contributed by atoms with Crippen LogP contribution in [-0.2, 0) is 6.42 Å². The van der Waals surface area contributed by atoms with Gasteiger partial charge in [0.1, 0.15) is 13.7 Å². The average Bonchev–Trinajstić information content (AvgIpc) is 2.62. The summed E-state index contributed by atoms with van der Waals surface area (Å²) < 4.78 is 6.44. The van der Waals surface area contributed by atoms with Crippen LogP contribution in [0, 0.1) is 16.9 Å². The van der Waals surface area contributed by atoms with E-state index in [9.17, 15) is 5.11 Å². The van der Waals surface area contributed by atoms with Crippen molar-refractivity contribution >= 4 is 19.7 Å². The summed E-state index contributed by atoms with van der Waals surface area (Å²) in [6.45, 7) is 13.3. The molecule has 3 atom stereocenters. The molecule has 1 aliphatic carbocycles. The number of nitrogens with two attached hydrogens (primary N) is 1. The van der Waals surface area contributed by atoms with Gasteiger partial charge in [-0.2, -0.15) is 0 Å². The van der Waals surface area contributed by atoms with E-state index in [0.717, 1.165) is 49.1 Å². The van der Waals surface area contributed by atoms with Gasteiger partial charge in [0.2, 0.25) is 0 Å². The minimum absolute atomic E-state index is 0.107. The van der Waals surface area contributed by atoms with Gasteiger partial charge in [0.25, 0.3) is 0 Å². The molecule has 1 aliphatic heterocycles.